The Labute approximate surface area is 232 Å². The summed E-state index contributed by atoms with van der Waals surface area (Å²) >= 11 is 0. The van der Waals surface area contributed by atoms with Crippen molar-refractivity contribution in [2.75, 3.05) is 13.7 Å². The van der Waals surface area contributed by atoms with Crippen LogP contribution in [0.2, 0.25) is 0 Å². The number of carbonyl (C=O) groups is 2. The molecule has 1 heterocycles. The maximum Gasteiger partial charge on any atom is 0.379 e. The summed E-state index contributed by atoms with van der Waals surface area (Å²) in [4.78, 5) is 35.6. The second kappa shape index (κ2) is 12.5. The number of furan rings is 1. The van der Waals surface area contributed by atoms with Crippen molar-refractivity contribution in [2.45, 2.75) is 46.5 Å². The molecule has 212 valence electrons. The monoisotopic (exact) mass is 551 g/mol. The molecule has 11 nitrogen and oxygen atoms in total. The SMILES string of the molecule is COc1cc(/C=N/NC(=O)COc2ccc(C(C)(C)CC(C)(C)C)cc2[N+](=O)[O-])ccc1OC(=O)c1ccco1. The number of amides is 1. The minimum atomic E-state index is -0.680. The standard InChI is InChI=1S/C29H33N3O8/c1-28(2,3)18-29(4,5)20-10-12-22(21(15-20)32(35)36)39-17-26(33)31-30-16-19-9-11-23(25(14-19)37-6)40-27(34)24-8-7-13-38-24/h7-16H,17-18H2,1-6H3,(H,31,33)/b30-16+. The number of nitro groups is 1. The summed E-state index contributed by atoms with van der Waals surface area (Å²) in [6.45, 7) is 9.96. The van der Waals surface area contributed by atoms with Gasteiger partial charge in [-0.25, -0.2) is 10.2 Å². The number of nitrogens with zero attached hydrogens (tertiary/aromatic N) is 2. The third kappa shape index (κ3) is 8.16. The minimum absolute atomic E-state index is 0.0103. The van der Waals surface area contributed by atoms with Gasteiger partial charge in [-0.05, 0) is 64.8 Å². The normalized spacial score (nSPS) is 11.8. The summed E-state index contributed by atoms with van der Waals surface area (Å²) in [5, 5.41) is 15.6. The van der Waals surface area contributed by atoms with Crippen molar-refractivity contribution in [3.63, 3.8) is 0 Å². The summed E-state index contributed by atoms with van der Waals surface area (Å²) < 4.78 is 21.0. The van der Waals surface area contributed by atoms with Gasteiger partial charge in [-0.2, -0.15) is 5.10 Å². The van der Waals surface area contributed by atoms with E-state index < -0.39 is 23.4 Å². The first-order valence-electron chi connectivity index (χ1n) is 12.5. The molecular formula is C29H33N3O8. The second-order valence-electron chi connectivity index (χ2n) is 10.9. The first kappa shape index (κ1) is 29.9. The molecule has 0 bridgehead atoms. The Morgan fingerprint density at radius 3 is 2.40 bits per heavy atom. The van der Waals surface area contributed by atoms with Crippen molar-refractivity contribution in [1.82, 2.24) is 5.43 Å². The number of benzene rings is 2. The second-order valence-corrected chi connectivity index (χ2v) is 10.9. The van der Waals surface area contributed by atoms with Gasteiger partial charge in [0.05, 0.1) is 24.5 Å². The van der Waals surface area contributed by atoms with Crippen LogP contribution in [0.15, 0.2) is 64.3 Å². The molecule has 1 N–H and O–H groups in total. The molecule has 11 heteroatoms. The number of methoxy groups -OCH3 is 1. The highest BCUT2D eigenvalue weighted by atomic mass is 16.6. The molecule has 0 aliphatic carbocycles. The lowest BCUT2D eigenvalue weighted by molar-refractivity contribution is -0.385. The van der Waals surface area contributed by atoms with Gasteiger partial charge < -0.3 is 18.6 Å². The van der Waals surface area contributed by atoms with Crippen molar-refractivity contribution in [1.29, 1.82) is 0 Å². The fourth-order valence-electron chi connectivity index (χ4n) is 4.38. The van der Waals surface area contributed by atoms with Gasteiger partial charge in [0.25, 0.3) is 5.91 Å². The zero-order chi connectivity index (χ0) is 29.5. The highest BCUT2D eigenvalue weighted by Gasteiger charge is 2.30. The predicted molar refractivity (Wildman–Crippen MR) is 148 cm³/mol. The molecule has 0 atom stereocenters. The Morgan fingerprint density at radius 1 is 1.05 bits per heavy atom. The molecule has 1 amide bonds. The molecule has 2 aromatic carbocycles. The number of hydrogen-bond acceptors (Lipinski definition) is 9. The average molecular weight is 552 g/mol. The van der Waals surface area contributed by atoms with Gasteiger partial charge in [-0.15, -0.1) is 0 Å². The quantitative estimate of drug-likeness (QED) is 0.106. The summed E-state index contributed by atoms with van der Waals surface area (Å²) in [5.41, 5.74) is 3.19. The molecule has 1 aromatic heterocycles. The summed E-state index contributed by atoms with van der Waals surface area (Å²) in [7, 11) is 1.41. The summed E-state index contributed by atoms with van der Waals surface area (Å²) in [6, 6.07) is 12.5. The minimum Gasteiger partial charge on any atom is -0.493 e. The van der Waals surface area contributed by atoms with Gasteiger partial charge in [0.15, 0.2) is 23.9 Å². The first-order valence-corrected chi connectivity index (χ1v) is 12.5. The Balaban J connectivity index is 1.60. The molecule has 0 saturated heterocycles. The number of hydrazone groups is 1. The van der Waals surface area contributed by atoms with E-state index in [0.717, 1.165) is 12.0 Å². The van der Waals surface area contributed by atoms with Crippen LogP contribution in [0.25, 0.3) is 0 Å². The molecule has 40 heavy (non-hydrogen) atoms. The van der Waals surface area contributed by atoms with E-state index >= 15 is 0 Å². The van der Waals surface area contributed by atoms with Gasteiger partial charge in [0.2, 0.25) is 5.76 Å². The molecule has 0 aliphatic rings. The van der Waals surface area contributed by atoms with Crippen molar-refractivity contribution in [3.8, 4) is 17.2 Å². The maximum atomic E-state index is 12.3. The van der Waals surface area contributed by atoms with Crippen molar-refractivity contribution >= 4 is 23.8 Å². The zero-order valence-electron chi connectivity index (χ0n) is 23.3. The number of nitrogens with one attached hydrogen (secondary N) is 1. The van der Waals surface area contributed by atoms with Gasteiger partial charge in [0.1, 0.15) is 0 Å². The third-order valence-electron chi connectivity index (χ3n) is 5.78. The average Bonchev–Trinajstić information content (AvgIpc) is 3.42. The first-order chi connectivity index (χ1) is 18.8. The highest BCUT2D eigenvalue weighted by molar-refractivity contribution is 5.89. The van der Waals surface area contributed by atoms with E-state index in [4.69, 9.17) is 18.6 Å². The molecule has 0 spiro atoms. The number of ether oxygens (including phenoxy) is 3. The molecule has 0 radical (unpaired) electrons. The van der Waals surface area contributed by atoms with Crippen LogP contribution in [-0.2, 0) is 10.2 Å². The number of rotatable bonds is 11. The van der Waals surface area contributed by atoms with Crippen LogP contribution in [-0.4, -0.2) is 36.7 Å². The van der Waals surface area contributed by atoms with E-state index in [0.29, 0.717) is 5.56 Å². The van der Waals surface area contributed by atoms with Gasteiger partial charge >= 0.3 is 11.7 Å². The molecule has 3 rings (SSSR count). The van der Waals surface area contributed by atoms with Crippen LogP contribution in [0.4, 0.5) is 5.69 Å². The summed E-state index contributed by atoms with van der Waals surface area (Å²) in [5.74, 6) is -0.820. The fourth-order valence-corrected chi connectivity index (χ4v) is 4.38. The van der Waals surface area contributed by atoms with E-state index in [1.54, 1.807) is 24.3 Å². The topological polar surface area (TPSA) is 142 Å². The largest absolute Gasteiger partial charge is 0.493 e. The molecular weight excluding hydrogens is 518 g/mol. The van der Waals surface area contributed by atoms with Crippen LogP contribution >= 0.6 is 0 Å². The van der Waals surface area contributed by atoms with Crippen LogP contribution in [0, 0.1) is 15.5 Å². The molecule has 0 fully saturated rings. The van der Waals surface area contributed by atoms with Crippen LogP contribution in [0.1, 0.15) is 62.7 Å². The van der Waals surface area contributed by atoms with E-state index in [9.17, 15) is 19.7 Å². The van der Waals surface area contributed by atoms with Crippen molar-refractivity contribution in [2.24, 2.45) is 10.5 Å². The Morgan fingerprint density at radius 2 is 1.77 bits per heavy atom. The molecule has 0 unspecified atom stereocenters. The Hall–Kier alpha value is -4.67. The lowest BCUT2D eigenvalue weighted by Gasteiger charge is -2.33. The number of nitro benzene ring substituents is 1. The Kier molecular flexibility index (Phi) is 9.31. The van der Waals surface area contributed by atoms with E-state index in [-0.39, 0.29) is 39.5 Å². The van der Waals surface area contributed by atoms with Crippen LogP contribution in [0.3, 0.4) is 0 Å². The third-order valence-corrected chi connectivity index (χ3v) is 5.78. The van der Waals surface area contributed by atoms with Gasteiger partial charge in [-0.3, -0.25) is 14.9 Å². The van der Waals surface area contributed by atoms with E-state index in [1.807, 2.05) is 13.8 Å². The lowest BCUT2D eigenvalue weighted by atomic mass is 9.72. The molecule has 0 aliphatic heterocycles. The van der Waals surface area contributed by atoms with E-state index in [1.165, 1.54) is 43.9 Å². The Bertz CT molecular complexity index is 1390. The van der Waals surface area contributed by atoms with Crippen molar-refractivity contribution in [3.05, 3.63) is 81.8 Å². The van der Waals surface area contributed by atoms with Crippen LogP contribution in [0.5, 0.6) is 17.2 Å². The number of hydrogen-bond donors (Lipinski definition) is 1. The highest BCUT2D eigenvalue weighted by Crippen LogP contribution is 2.39. The van der Waals surface area contributed by atoms with Crippen molar-refractivity contribution < 1.29 is 33.1 Å². The number of esters is 1. The van der Waals surface area contributed by atoms with Gasteiger partial charge in [0, 0.05) is 6.07 Å². The number of carbonyl (C=O) groups excluding carboxylic acids is 2. The van der Waals surface area contributed by atoms with Gasteiger partial charge in [-0.1, -0.05) is 40.7 Å². The molecule has 3 aromatic rings. The smallest absolute Gasteiger partial charge is 0.379 e. The fraction of sp³-hybridized carbons (Fsp3) is 0.345. The lowest BCUT2D eigenvalue weighted by Crippen LogP contribution is -2.26. The van der Waals surface area contributed by atoms with E-state index in [2.05, 4.69) is 31.3 Å². The van der Waals surface area contributed by atoms with Crippen LogP contribution < -0.4 is 19.6 Å². The molecule has 0 saturated carbocycles. The summed E-state index contributed by atoms with van der Waals surface area (Å²) in [6.07, 6.45) is 3.54. The predicted octanol–water partition coefficient (Wildman–Crippen LogP) is 5.66. The maximum absolute atomic E-state index is 12.3. The zero-order valence-corrected chi connectivity index (χ0v) is 23.3.